The fourth-order valence-corrected chi connectivity index (χ4v) is 1.72. The molecule has 2 aromatic rings. The van der Waals surface area contributed by atoms with E-state index >= 15 is 0 Å². The molecular formula is C9H7ClN2S. The van der Waals surface area contributed by atoms with Crippen LogP contribution in [0.2, 0.25) is 5.02 Å². The standard InChI is InChI=1S/C9H7ClN2S/c1-5-11-8-3-2-6(10)4-7(8)9(13)12-5/h2-4H,1H3,(H,11,12,13). The topological polar surface area (TPSA) is 28.7 Å². The third-order valence-electron chi connectivity index (χ3n) is 1.80. The van der Waals surface area contributed by atoms with Crippen LogP contribution < -0.4 is 0 Å². The minimum absolute atomic E-state index is 0.591. The normalized spacial score (nSPS) is 10.6. The molecule has 13 heavy (non-hydrogen) atoms. The van der Waals surface area contributed by atoms with E-state index in [1.165, 1.54) is 0 Å². The summed E-state index contributed by atoms with van der Waals surface area (Å²) in [7, 11) is 0. The summed E-state index contributed by atoms with van der Waals surface area (Å²) >= 11 is 11.0. The quantitative estimate of drug-likeness (QED) is 0.677. The molecule has 0 saturated heterocycles. The van der Waals surface area contributed by atoms with Crippen molar-refractivity contribution in [3.05, 3.63) is 33.7 Å². The Labute approximate surface area is 85.6 Å². The minimum atomic E-state index is 0.591. The van der Waals surface area contributed by atoms with Crippen molar-refractivity contribution < 1.29 is 0 Å². The highest BCUT2D eigenvalue weighted by atomic mass is 35.5. The maximum absolute atomic E-state index is 5.84. The molecule has 0 unspecified atom stereocenters. The van der Waals surface area contributed by atoms with Gasteiger partial charge in [-0.2, -0.15) is 0 Å². The van der Waals surface area contributed by atoms with Crippen LogP contribution in [0, 0.1) is 11.6 Å². The number of fused-ring (bicyclic) bond motifs is 1. The molecular weight excluding hydrogens is 204 g/mol. The average molecular weight is 211 g/mol. The lowest BCUT2D eigenvalue weighted by Crippen LogP contribution is -1.89. The lowest BCUT2D eigenvalue weighted by Gasteiger charge is -2.00. The first-order valence-corrected chi connectivity index (χ1v) is 4.61. The third-order valence-corrected chi connectivity index (χ3v) is 2.34. The van der Waals surface area contributed by atoms with Crippen molar-refractivity contribution in [1.82, 2.24) is 9.97 Å². The number of rotatable bonds is 0. The summed E-state index contributed by atoms with van der Waals surface area (Å²) in [6, 6.07) is 5.55. The van der Waals surface area contributed by atoms with Crippen molar-refractivity contribution in [1.29, 1.82) is 0 Å². The molecule has 0 atom stereocenters. The van der Waals surface area contributed by atoms with Crippen molar-refractivity contribution in [2.75, 3.05) is 0 Å². The monoisotopic (exact) mass is 210 g/mol. The summed E-state index contributed by atoms with van der Waals surface area (Å²) in [5.74, 6) is 0.819. The van der Waals surface area contributed by atoms with Gasteiger partial charge in [0.15, 0.2) is 0 Å². The van der Waals surface area contributed by atoms with E-state index < -0.39 is 0 Å². The summed E-state index contributed by atoms with van der Waals surface area (Å²) in [5.41, 5.74) is 0.974. The van der Waals surface area contributed by atoms with Crippen LogP contribution in [0.1, 0.15) is 5.82 Å². The van der Waals surface area contributed by atoms with E-state index in [0.717, 1.165) is 16.7 Å². The van der Waals surface area contributed by atoms with Gasteiger partial charge in [-0.1, -0.05) is 23.8 Å². The number of hydrogen-bond donors (Lipinski definition) is 1. The SMILES string of the molecule is Cc1nc(=S)c2cc(Cl)ccc2[nH]1. The summed E-state index contributed by atoms with van der Waals surface area (Å²) < 4.78 is 0.591. The summed E-state index contributed by atoms with van der Waals surface area (Å²) in [6.07, 6.45) is 0. The summed E-state index contributed by atoms with van der Waals surface area (Å²) in [4.78, 5) is 7.26. The molecule has 1 heterocycles. The fourth-order valence-electron chi connectivity index (χ4n) is 1.24. The Bertz CT molecular complexity index is 518. The second-order valence-corrected chi connectivity index (χ2v) is 3.64. The van der Waals surface area contributed by atoms with Crippen LogP contribution in [0.4, 0.5) is 0 Å². The van der Waals surface area contributed by atoms with E-state index in [1.807, 2.05) is 25.1 Å². The van der Waals surface area contributed by atoms with Gasteiger partial charge in [-0.15, -0.1) is 0 Å². The highest BCUT2D eigenvalue weighted by Gasteiger charge is 1.98. The number of nitrogens with zero attached hydrogens (tertiary/aromatic N) is 1. The first-order valence-electron chi connectivity index (χ1n) is 3.83. The van der Waals surface area contributed by atoms with Crippen molar-refractivity contribution in [3.8, 4) is 0 Å². The van der Waals surface area contributed by atoms with Crippen molar-refractivity contribution in [2.24, 2.45) is 0 Å². The predicted octanol–water partition coefficient (Wildman–Crippen LogP) is 3.25. The number of aromatic amines is 1. The Balaban J connectivity index is 2.95. The molecule has 0 aliphatic carbocycles. The van der Waals surface area contributed by atoms with Gasteiger partial charge < -0.3 is 4.98 Å². The molecule has 0 aliphatic heterocycles. The molecule has 2 nitrogen and oxygen atoms in total. The molecule has 66 valence electrons. The molecule has 4 heteroatoms. The van der Waals surface area contributed by atoms with E-state index in [2.05, 4.69) is 9.97 Å². The number of H-pyrrole nitrogens is 1. The van der Waals surface area contributed by atoms with Crippen molar-refractivity contribution >= 4 is 34.7 Å². The second kappa shape index (κ2) is 3.09. The van der Waals surface area contributed by atoms with Crippen LogP contribution >= 0.6 is 23.8 Å². The van der Waals surface area contributed by atoms with Crippen LogP contribution in [0.15, 0.2) is 18.2 Å². The van der Waals surface area contributed by atoms with Crippen LogP contribution in [0.3, 0.4) is 0 Å². The van der Waals surface area contributed by atoms with Crippen molar-refractivity contribution in [3.63, 3.8) is 0 Å². The molecule has 1 aromatic carbocycles. The zero-order valence-electron chi connectivity index (χ0n) is 6.97. The average Bonchev–Trinajstić information content (AvgIpc) is 2.06. The Morgan fingerprint density at radius 2 is 2.23 bits per heavy atom. The first kappa shape index (κ1) is 8.66. The number of halogens is 1. The van der Waals surface area contributed by atoms with Gasteiger partial charge in [0, 0.05) is 15.9 Å². The number of aryl methyl sites for hydroxylation is 1. The highest BCUT2D eigenvalue weighted by Crippen LogP contribution is 2.17. The molecule has 0 spiro atoms. The van der Waals surface area contributed by atoms with Crippen LogP contribution in [0.25, 0.3) is 10.9 Å². The maximum atomic E-state index is 5.84. The number of hydrogen-bond acceptors (Lipinski definition) is 2. The molecule has 1 aromatic heterocycles. The zero-order chi connectivity index (χ0) is 9.42. The number of nitrogens with one attached hydrogen (secondary N) is 1. The molecule has 0 amide bonds. The van der Waals surface area contributed by atoms with E-state index in [9.17, 15) is 0 Å². The van der Waals surface area contributed by atoms with Gasteiger partial charge in [0.05, 0.1) is 0 Å². The van der Waals surface area contributed by atoms with E-state index in [-0.39, 0.29) is 0 Å². The van der Waals surface area contributed by atoms with Gasteiger partial charge in [-0.25, -0.2) is 4.98 Å². The Morgan fingerprint density at radius 3 is 3.00 bits per heavy atom. The molecule has 2 rings (SSSR count). The first-order chi connectivity index (χ1) is 6.16. The smallest absolute Gasteiger partial charge is 0.137 e. The van der Waals surface area contributed by atoms with Gasteiger partial charge in [0.1, 0.15) is 10.5 Å². The van der Waals surface area contributed by atoms with Gasteiger partial charge in [-0.05, 0) is 25.1 Å². The summed E-state index contributed by atoms with van der Waals surface area (Å²) in [5, 5.41) is 1.57. The largest absolute Gasteiger partial charge is 0.343 e. The van der Waals surface area contributed by atoms with Gasteiger partial charge in [0.2, 0.25) is 0 Å². The number of benzene rings is 1. The summed E-state index contributed by atoms with van der Waals surface area (Å²) in [6.45, 7) is 1.88. The number of aromatic nitrogens is 2. The lowest BCUT2D eigenvalue weighted by atomic mass is 10.2. The van der Waals surface area contributed by atoms with E-state index in [0.29, 0.717) is 9.66 Å². The van der Waals surface area contributed by atoms with E-state index in [1.54, 1.807) is 0 Å². The zero-order valence-corrected chi connectivity index (χ0v) is 8.54. The minimum Gasteiger partial charge on any atom is -0.343 e. The molecule has 1 N–H and O–H groups in total. The highest BCUT2D eigenvalue weighted by molar-refractivity contribution is 7.71. The fraction of sp³-hybridized carbons (Fsp3) is 0.111. The Morgan fingerprint density at radius 1 is 1.46 bits per heavy atom. The Kier molecular flexibility index (Phi) is 2.06. The van der Waals surface area contributed by atoms with Crippen LogP contribution in [-0.4, -0.2) is 9.97 Å². The van der Waals surface area contributed by atoms with Gasteiger partial charge in [-0.3, -0.25) is 0 Å². The van der Waals surface area contributed by atoms with E-state index in [4.69, 9.17) is 23.8 Å². The second-order valence-electron chi connectivity index (χ2n) is 2.82. The predicted molar refractivity (Wildman–Crippen MR) is 56.7 cm³/mol. The van der Waals surface area contributed by atoms with Gasteiger partial charge in [0.25, 0.3) is 0 Å². The van der Waals surface area contributed by atoms with Gasteiger partial charge >= 0.3 is 0 Å². The third kappa shape index (κ3) is 1.57. The molecule has 0 fully saturated rings. The van der Waals surface area contributed by atoms with Crippen LogP contribution in [0.5, 0.6) is 0 Å². The maximum Gasteiger partial charge on any atom is 0.137 e. The molecule has 0 aliphatic rings. The Hall–Kier alpha value is -0.930. The van der Waals surface area contributed by atoms with Crippen LogP contribution in [-0.2, 0) is 0 Å². The molecule has 0 saturated carbocycles. The lowest BCUT2D eigenvalue weighted by molar-refractivity contribution is 1.08. The molecule has 0 radical (unpaired) electrons. The van der Waals surface area contributed by atoms with Crippen molar-refractivity contribution in [2.45, 2.75) is 6.92 Å². The molecule has 0 bridgehead atoms.